The molecule has 3 aromatic carbocycles. The smallest absolute Gasteiger partial charge is 0.264 e. The topological polar surface area (TPSA) is 86.8 Å². The lowest BCUT2D eigenvalue weighted by Gasteiger charge is -2.32. The average Bonchev–Trinajstić information content (AvgIpc) is 2.91. The Labute approximate surface area is 244 Å². The third-order valence-electron chi connectivity index (χ3n) is 6.09. The highest BCUT2D eigenvalue weighted by atomic mass is 35.5. The average molecular weight is 611 g/mol. The quantitative estimate of drug-likeness (QED) is 0.285. The Morgan fingerprint density at radius 2 is 1.64 bits per heavy atom. The van der Waals surface area contributed by atoms with Crippen LogP contribution in [0, 0.1) is 6.92 Å². The number of rotatable bonds is 11. The van der Waals surface area contributed by atoms with Crippen LogP contribution in [-0.4, -0.2) is 44.3 Å². The highest BCUT2D eigenvalue weighted by molar-refractivity contribution is 7.92. The van der Waals surface area contributed by atoms with Crippen LogP contribution in [0.1, 0.15) is 31.4 Å². The molecule has 0 fully saturated rings. The number of benzene rings is 3. The first-order chi connectivity index (χ1) is 18.4. The van der Waals surface area contributed by atoms with E-state index in [0.29, 0.717) is 38.4 Å². The summed E-state index contributed by atoms with van der Waals surface area (Å²) in [5, 5.41) is 3.89. The molecule has 208 valence electrons. The molecule has 0 radical (unpaired) electrons. The number of aryl methyl sites for hydroxylation is 1. The summed E-state index contributed by atoms with van der Waals surface area (Å²) in [7, 11) is -4.16. The number of hydrogen-bond acceptors (Lipinski definition) is 4. The fraction of sp³-hybridized carbons (Fsp3) is 0.286. The molecule has 0 saturated carbocycles. The second kappa shape index (κ2) is 13.5. The highest BCUT2D eigenvalue weighted by Gasteiger charge is 2.33. The third-order valence-corrected chi connectivity index (χ3v) is 8.84. The highest BCUT2D eigenvalue weighted by Crippen LogP contribution is 2.30. The van der Waals surface area contributed by atoms with E-state index in [1.165, 1.54) is 17.0 Å². The molecule has 0 heterocycles. The first kappa shape index (κ1) is 30.8. The van der Waals surface area contributed by atoms with E-state index >= 15 is 0 Å². The summed E-state index contributed by atoms with van der Waals surface area (Å²) >= 11 is 18.4. The van der Waals surface area contributed by atoms with Crippen LogP contribution in [-0.2, 0) is 26.2 Å². The standard InChI is InChI=1S/C28H30Cl3N3O4S/c1-4-14-32-28(36)20(3)33(17-21-10-12-24(30)25(31)16-21)27(35)18-34(26-13-11-22(29)15-19(26)2)39(37,38)23-8-6-5-7-9-23/h5-13,15-16,20H,4,14,17-18H2,1-3H3,(H,32,36). The van der Waals surface area contributed by atoms with Crippen molar-refractivity contribution < 1.29 is 18.0 Å². The molecule has 1 N–H and O–H groups in total. The van der Waals surface area contributed by atoms with E-state index in [1.807, 2.05) is 6.92 Å². The maximum Gasteiger partial charge on any atom is 0.264 e. The summed E-state index contributed by atoms with van der Waals surface area (Å²) in [5.74, 6) is -0.931. The molecular weight excluding hydrogens is 581 g/mol. The molecule has 0 aliphatic rings. The Morgan fingerprint density at radius 1 is 0.949 bits per heavy atom. The third kappa shape index (κ3) is 7.66. The first-order valence-corrected chi connectivity index (χ1v) is 14.9. The Balaban J connectivity index is 2.05. The van der Waals surface area contributed by atoms with Gasteiger partial charge in [-0.15, -0.1) is 0 Å². The zero-order chi connectivity index (χ0) is 28.7. The van der Waals surface area contributed by atoms with Gasteiger partial charge in [0.05, 0.1) is 20.6 Å². The van der Waals surface area contributed by atoms with Gasteiger partial charge in [-0.2, -0.15) is 0 Å². The van der Waals surface area contributed by atoms with Crippen LogP contribution in [0.5, 0.6) is 0 Å². The fourth-order valence-corrected chi connectivity index (χ4v) is 5.99. The van der Waals surface area contributed by atoms with Crippen molar-refractivity contribution in [2.24, 2.45) is 0 Å². The Bertz CT molecular complexity index is 1440. The molecule has 3 aromatic rings. The van der Waals surface area contributed by atoms with Gasteiger partial charge in [-0.1, -0.05) is 66.0 Å². The van der Waals surface area contributed by atoms with Crippen molar-refractivity contribution >= 4 is 62.3 Å². The minimum absolute atomic E-state index is 0.00918. The summed E-state index contributed by atoms with van der Waals surface area (Å²) in [4.78, 5) is 28.2. The van der Waals surface area contributed by atoms with Gasteiger partial charge >= 0.3 is 0 Å². The molecule has 2 amide bonds. The van der Waals surface area contributed by atoms with E-state index < -0.39 is 28.5 Å². The lowest BCUT2D eigenvalue weighted by Crippen LogP contribution is -2.51. The minimum Gasteiger partial charge on any atom is -0.354 e. The van der Waals surface area contributed by atoms with Gasteiger partial charge in [-0.25, -0.2) is 8.42 Å². The Hall–Kier alpha value is -2.78. The molecule has 1 unspecified atom stereocenters. The number of nitrogens with zero attached hydrogens (tertiary/aromatic N) is 2. The van der Waals surface area contributed by atoms with Crippen LogP contribution in [0.25, 0.3) is 0 Å². The Kier molecular flexibility index (Phi) is 10.7. The van der Waals surface area contributed by atoms with Crippen LogP contribution >= 0.6 is 34.8 Å². The van der Waals surface area contributed by atoms with E-state index in [1.54, 1.807) is 68.4 Å². The summed E-state index contributed by atoms with van der Waals surface area (Å²) in [6, 6.07) is 16.6. The van der Waals surface area contributed by atoms with Gasteiger partial charge in [0.25, 0.3) is 10.0 Å². The summed E-state index contributed by atoms with van der Waals surface area (Å²) < 4.78 is 28.7. The second-order valence-corrected chi connectivity index (χ2v) is 12.1. The number of hydrogen-bond donors (Lipinski definition) is 1. The molecule has 11 heteroatoms. The van der Waals surface area contributed by atoms with Crippen LogP contribution in [0.2, 0.25) is 15.1 Å². The van der Waals surface area contributed by atoms with Crippen LogP contribution < -0.4 is 9.62 Å². The monoisotopic (exact) mass is 609 g/mol. The van der Waals surface area contributed by atoms with E-state index in [-0.39, 0.29) is 17.3 Å². The number of anilines is 1. The van der Waals surface area contributed by atoms with Gasteiger partial charge in [0.15, 0.2) is 0 Å². The van der Waals surface area contributed by atoms with Crippen molar-refractivity contribution in [3.8, 4) is 0 Å². The predicted octanol–water partition coefficient (Wildman–Crippen LogP) is 6.09. The van der Waals surface area contributed by atoms with Gasteiger partial charge in [0, 0.05) is 18.1 Å². The number of sulfonamides is 1. The molecular formula is C28H30Cl3N3O4S. The van der Waals surface area contributed by atoms with Crippen LogP contribution in [0.3, 0.4) is 0 Å². The number of nitrogens with one attached hydrogen (secondary N) is 1. The maximum atomic E-state index is 13.9. The molecule has 0 saturated heterocycles. The van der Waals surface area contributed by atoms with E-state index in [9.17, 15) is 18.0 Å². The van der Waals surface area contributed by atoms with Crippen molar-refractivity contribution in [2.75, 3.05) is 17.4 Å². The summed E-state index contributed by atoms with van der Waals surface area (Å²) in [6.45, 7) is 5.14. The van der Waals surface area contributed by atoms with Crippen LogP contribution in [0.15, 0.2) is 71.6 Å². The molecule has 0 bridgehead atoms. The minimum atomic E-state index is -4.16. The summed E-state index contributed by atoms with van der Waals surface area (Å²) in [6.07, 6.45) is 0.720. The molecule has 39 heavy (non-hydrogen) atoms. The van der Waals surface area contributed by atoms with Crippen molar-refractivity contribution in [3.63, 3.8) is 0 Å². The zero-order valence-corrected chi connectivity index (χ0v) is 24.9. The first-order valence-electron chi connectivity index (χ1n) is 12.3. The fourth-order valence-electron chi connectivity index (χ4n) is 3.94. The molecule has 0 aliphatic heterocycles. The number of carbonyl (C=O) groups is 2. The largest absolute Gasteiger partial charge is 0.354 e. The Morgan fingerprint density at radius 3 is 2.26 bits per heavy atom. The number of halogens is 3. The van der Waals surface area contributed by atoms with Crippen molar-refractivity contribution in [1.82, 2.24) is 10.2 Å². The van der Waals surface area contributed by atoms with Crippen LogP contribution in [0.4, 0.5) is 5.69 Å². The number of carbonyl (C=O) groups excluding carboxylic acids is 2. The molecule has 0 aromatic heterocycles. The lowest BCUT2D eigenvalue weighted by atomic mass is 10.1. The van der Waals surface area contributed by atoms with Crippen molar-refractivity contribution in [2.45, 2.75) is 44.7 Å². The molecule has 7 nitrogen and oxygen atoms in total. The predicted molar refractivity (Wildman–Crippen MR) is 157 cm³/mol. The van der Waals surface area contributed by atoms with Gasteiger partial charge in [-0.3, -0.25) is 13.9 Å². The van der Waals surface area contributed by atoms with Gasteiger partial charge in [-0.05, 0) is 73.9 Å². The van der Waals surface area contributed by atoms with Gasteiger partial charge in [0.1, 0.15) is 12.6 Å². The normalized spacial score (nSPS) is 12.1. The molecule has 3 rings (SSSR count). The lowest BCUT2D eigenvalue weighted by molar-refractivity contribution is -0.139. The SMILES string of the molecule is CCCNC(=O)C(C)N(Cc1ccc(Cl)c(Cl)c1)C(=O)CN(c1ccc(Cl)cc1C)S(=O)(=O)c1ccccc1. The van der Waals surface area contributed by atoms with Crippen molar-refractivity contribution in [3.05, 3.63) is 92.9 Å². The zero-order valence-electron chi connectivity index (χ0n) is 21.8. The van der Waals surface area contributed by atoms with Gasteiger partial charge in [0.2, 0.25) is 11.8 Å². The van der Waals surface area contributed by atoms with E-state index in [0.717, 1.165) is 10.7 Å². The maximum absolute atomic E-state index is 13.9. The molecule has 0 aliphatic carbocycles. The molecule has 1 atom stereocenters. The molecule has 0 spiro atoms. The number of amides is 2. The second-order valence-electron chi connectivity index (χ2n) is 8.99. The van der Waals surface area contributed by atoms with Gasteiger partial charge < -0.3 is 10.2 Å². The van der Waals surface area contributed by atoms with E-state index in [4.69, 9.17) is 34.8 Å². The van der Waals surface area contributed by atoms with E-state index in [2.05, 4.69) is 5.32 Å². The summed E-state index contributed by atoms with van der Waals surface area (Å²) in [5.41, 5.74) is 1.50. The van der Waals surface area contributed by atoms with Crippen molar-refractivity contribution in [1.29, 1.82) is 0 Å².